The molecule has 192 valence electrons. The van der Waals surface area contributed by atoms with E-state index in [1.54, 1.807) is 12.4 Å². The van der Waals surface area contributed by atoms with Crippen LogP contribution in [-0.2, 0) is 16.1 Å². The zero-order valence-corrected chi connectivity index (χ0v) is 22.4. The molecular weight excluding hydrogens is 494 g/mol. The molecule has 2 aromatic carbocycles. The third-order valence-electron chi connectivity index (χ3n) is 6.59. The SMILES string of the molecule is CC1=C(C(=O)Nc2ccccc2)C(c2cc(C)ccc2C)N2C(CC(=O)NCc3ccncc3)=CSC2=N1. The Morgan fingerprint density at radius 1 is 1.00 bits per heavy atom. The molecule has 0 bridgehead atoms. The summed E-state index contributed by atoms with van der Waals surface area (Å²) in [7, 11) is 0. The van der Waals surface area contributed by atoms with Gasteiger partial charge in [0.15, 0.2) is 5.17 Å². The number of aromatic nitrogens is 1. The molecule has 0 fully saturated rings. The number of nitrogens with one attached hydrogen (secondary N) is 2. The first-order valence-corrected chi connectivity index (χ1v) is 13.3. The van der Waals surface area contributed by atoms with E-state index in [1.165, 1.54) is 11.8 Å². The summed E-state index contributed by atoms with van der Waals surface area (Å²) in [5, 5.41) is 8.78. The number of hydrogen-bond donors (Lipinski definition) is 2. The van der Waals surface area contributed by atoms with Crippen LogP contribution in [0.5, 0.6) is 0 Å². The van der Waals surface area contributed by atoms with Crippen LogP contribution in [0, 0.1) is 13.8 Å². The summed E-state index contributed by atoms with van der Waals surface area (Å²) in [5.41, 5.74) is 6.92. The number of fused-ring (bicyclic) bond motifs is 1. The first kappa shape index (κ1) is 25.5. The predicted molar refractivity (Wildman–Crippen MR) is 152 cm³/mol. The predicted octanol–water partition coefficient (Wildman–Crippen LogP) is 5.62. The number of anilines is 1. The quantitative estimate of drug-likeness (QED) is 0.420. The lowest BCUT2D eigenvalue weighted by Crippen LogP contribution is -2.39. The van der Waals surface area contributed by atoms with Crippen molar-refractivity contribution in [2.24, 2.45) is 4.99 Å². The number of nitrogens with zero attached hydrogens (tertiary/aromatic N) is 3. The van der Waals surface area contributed by atoms with Crippen LogP contribution in [0.4, 0.5) is 5.69 Å². The lowest BCUT2D eigenvalue weighted by Gasteiger charge is -2.37. The highest BCUT2D eigenvalue weighted by molar-refractivity contribution is 8.16. The Kier molecular flexibility index (Phi) is 7.42. The maximum atomic E-state index is 13.8. The van der Waals surface area contributed by atoms with Crippen molar-refractivity contribution in [1.29, 1.82) is 0 Å². The van der Waals surface area contributed by atoms with Gasteiger partial charge in [0.25, 0.3) is 5.91 Å². The Hall–Kier alpha value is -4.17. The van der Waals surface area contributed by atoms with E-state index in [-0.39, 0.29) is 18.2 Å². The molecule has 5 rings (SSSR count). The van der Waals surface area contributed by atoms with Gasteiger partial charge in [-0.15, -0.1) is 0 Å². The summed E-state index contributed by atoms with van der Waals surface area (Å²) >= 11 is 1.48. The minimum Gasteiger partial charge on any atom is -0.352 e. The summed E-state index contributed by atoms with van der Waals surface area (Å²) in [5.74, 6) is -0.308. The fourth-order valence-corrected chi connectivity index (χ4v) is 5.62. The molecule has 2 aliphatic heterocycles. The second-order valence-corrected chi connectivity index (χ2v) is 10.2. The number of pyridine rings is 1. The number of benzene rings is 2. The number of thioether (sulfide) groups is 1. The monoisotopic (exact) mass is 523 g/mol. The van der Waals surface area contributed by atoms with E-state index < -0.39 is 6.04 Å². The van der Waals surface area contributed by atoms with Gasteiger partial charge >= 0.3 is 0 Å². The van der Waals surface area contributed by atoms with Gasteiger partial charge in [-0.05, 0) is 67.1 Å². The standard InChI is InChI=1S/C30H29N5O2S/c1-19-9-10-20(2)25(15-19)28-27(29(37)34-23-7-5-4-6-8-23)21(3)33-30-35(28)24(18-38-30)16-26(36)32-17-22-11-13-31-14-12-22/h4-15,18,28H,16-17H2,1-3H3,(H,32,36)(H,34,37). The summed E-state index contributed by atoms with van der Waals surface area (Å²) in [6, 6.07) is 19.0. The van der Waals surface area contributed by atoms with Crippen molar-refractivity contribution in [3.63, 3.8) is 0 Å². The molecule has 1 atom stereocenters. The topological polar surface area (TPSA) is 86.7 Å². The van der Waals surface area contributed by atoms with E-state index in [4.69, 9.17) is 4.99 Å². The van der Waals surface area contributed by atoms with Crippen molar-refractivity contribution in [1.82, 2.24) is 15.2 Å². The molecule has 1 unspecified atom stereocenters. The number of aliphatic imine (C=N–C) groups is 1. The van der Waals surface area contributed by atoms with Crippen LogP contribution in [0.1, 0.15) is 41.6 Å². The molecule has 1 aromatic heterocycles. The number of allylic oxidation sites excluding steroid dienone is 1. The van der Waals surface area contributed by atoms with Crippen LogP contribution < -0.4 is 10.6 Å². The van der Waals surface area contributed by atoms with Gasteiger partial charge in [0.2, 0.25) is 5.91 Å². The van der Waals surface area contributed by atoms with Crippen molar-refractivity contribution in [3.05, 3.63) is 118 Å². The number of hydrogen-bond acceptors (Lipinski definition) is 6. The van der Waals surface area contributed by atoms with Crippen LogP contribution in [0.3, 0.4) is 0 Å². The van der Waals surface area contributed by atoms with Crippen molar-refractivity contribution in [2.75, 3.05) is 5.32 Å². The average molecular weight is 524 g/mol. The summed E-state index contributed by atoms with van der Waals surface area (Å²) in [4.78, 5) is 37.6. The molecule has 0 saturated heterocycles. The van der Waals surface area contributed by atoms with Crippen molar-refractivity contribution in [2.45, 2.75) is 39.8 Å². The van der Waals surface area contributed by atoms with Gasteiger partial charge in [-0.1, -0.05) is 53.7 Å². The average Bonchev–Trinajstić information content (AvgIpc) is 3.31. The van der Waals surface area contributed by atoms with Gasteiger partial charge in [-0.25, -0.2) is 4.99 Å². The summed E-state index contributed by atoms with van der Waals surface area (Å²) < 4.78 is 0. The minimum atomic E-state index is -0.416. The normalized spacial score (nSPS) is 16.5. The molecule has 7 nitrogen and oxygen atoms in total. The highest BCUT2D eigenvalue weighted by Gasteiger charge is 2.41. The van der Waals surface area contributed by atoms with Crippen LogP contribution in [0.2, 0.25) is 0 Å². The maximum Gasteiger partial charge on any atom is 0.255 e. The van der Waals surface area contributed by atoms with Gasteiger partial charge in [-0.3, -0.25) is 14.6 Å². The van der Waals surface area contributed by atoms with E-state index in [0.29, 0.717) is 23.5 Å². The van der Waals surface area contributed by atoms with Crippen LogP contribution >= 0.6 is 11.8 Å². The fraction of sp³-hybridized carbons (Fsp3) is 0.200. The first-order valence-electron chi connectivity index (χ1n) is 12.4. The highest BCUT2D eigenvalue weighted by Crippen LogP contribution is 2.45. The number of aryl methyl sites for hydroxylation is 2. The zero-order chi connectivity index (χ0) is 26.6. The van der Waals surface area contributed by atoms with Crippen LogP contribution in [0.15, 0.2) is 100 Å². The molecule has 0 radical (unpaired) electrons. The molecule has 0 saturated carbocycles. The third-order valence-corrected chi connectivity index (χ3v) is 7.48. The summed E-state index contributed by atoms with van der Waals surface area (Å²) in [6.45, 7) is 6.40. The number of amides is 2. The van der Waals surface area contributed by atoms with E-state index >= 15 is 0 Å². The van der Waals surface area contributed by atoms with Gasteiger partial charge < -0.3 is 15.5 Å². The molecule has 8 heteroatoms. The highest BCUT2D eigenvalue weighted by atomic mass is 32.2. The molecule has 3 heterocycles. The number of carbonyl (C=O) groups excluding carboxylic acids is 2. The molecule has 2 aliphatic rings. The van der Waals surface area contributed by atoms with Gasteiger partial charge in [0.1, 0.15) is 0 Å². The van der Waals surface area contributed by atoms with Gasteiger partial charge in [0.05, 0.1) is 23.7 Å². The molecule has 0 aliphatic carbocycles. The maximum absolute atomic E-state index is 13.8. The molecular formula is C30H29N5O2S. The van der Waals surface area contributed by atoms with Crippen LogP contribution in [0.25, 0.3) is 0 Å². The van der Waals surface area contributed by atoms with E-state index in [2.05, 4.69) is 40.7 Å². The Bertz CT molecular complexity index is 1460. The largest absolute Gasteiger partial charge is 0.352 e. The second kappa shape index (κ2) is 11.1. The first-order chi connectivity index (χ1) is 18.4. The Morgan fingerprint density at radius 2 is 1.76 bits per heavy atom. The number of para-hydroxylation sites is 1. The minimum absolute atomic E-state index is 0.101. The molecule has 2 N–H and O–H groups in total. The van der Waals surface area contributed by atoms with Gasteiger partial charge in [0, 0.05) is 30.3 Å². The van der Waals surface area contributed by atoms with E-state index in [1.807, 2.05) is 66.6 Å². The third kappa shape index (κ3) is 5.40. The Labute approximate surface area is 226 Å². The molecule has 2 amide bonds. The summed E-state index contributed by atoms with van der Waals surface area (Å²) in [6.07, 6.45) is 3.59. The molecule has 3 aromatic rings. The number of amidine groups is 1. The second-order valence-electron chi connectivity index (χ2n) is 9.38. The van der Waals surface area contributed by atoms with Crippen molar-refractivity contribution < 1.29 is 9.59 Å². The lowest BCUT2D eigenvalue weighted by molar-refractivity contribution is -0.120. The Balaban J connectivity index is 1.47. The molecule has 0 spiro atoms. The van der Waals surface area contributed by atoms with Crippen LogP contribution in [-0.4, -0.2) is 26.9 Å². The van der Waals surface area contributed by atoms with E-state index in [9.17, 15) is 9.59 Å². The number of rotatable bonds is 7. The van der Waals surface area contributed by atoms with E-state index in [0.717, 1.165) is 33.1 Å². The van der Waals surface area contributed by atoms with Crippen molar-refractivity contribution in [3.8, 4) is 0 Å². The van der Waals surface area contributed by atoms with Crippen molar-refractivity contribution >= 4 is 34.4 Å². The fourth-order valence-electron chi connectivity index (χ4n) is 4.66. The number of carbonyl (C=O) groups is 2. The lowest BCUT2D eigenvalue weighted by atomic mass is 9.89. The molecule has 38 heavy (non-hydrogen) atoms. The zero-order valence-electron chi connectivity index (χ0n) is 21.6. The Morgan fingerprint density at radius 3 is 2.53 bits per heavy atom. The van der Waals surface area contributed by atoms with Gasteiger partial charge in [-0.2, -0.15) is 0 Å². The smallest absolute Gasteiger partial charge is 0.255 e.